The van der Waals surface area contributed by atoms with Gasteiger partial charge in [0.15, 0.2) is 0 Å². The molecule has 0 aliphatic carbocycles. The van der Waals surface area contributed by atoms with E-state index in [0.29, 0.717) is 15.6 Å². The van der Waals surface area contributed by atoms with Gasteiger partial charge in [0.2, 0.25) is 0 Å². The fraction of sp³-hybridized carbons (Fsp3) is 0.222. The molecule has 68 valence electrons. The van der Waals surface area contributed by atoms with Gasteiger partial charge in [-0.2, -0.15) is 5.26 Å². The van der Waals surface area contributed by atoms with Crippen molar-refractivity contribution in [2.24, 2.45) is 0 Å². The molecular formula is C9H7Cl2NO. The van der Waals surface area contributed by atoms with Crippen LogP contribution in [0.25, 0.3) is 0 Å². The minimum Gasteiger partial charge on any atom is -0.387 e. The van der Waals surface area contributed by atoms with Crippen LogP contribution in [0.5, 0.6) is 0 Å². The molecule has 0 radical (unpaired) electrons. The first-order chi connectivity index (χ1) is 6.15. The summed E-state index contributed by atoms with van der Waals surface area (Å²) < 4.78 is 0. The highest BCUT2D eigenvalue weighted by Gasteiger charge is 2.08. The summed E-state index contributed by atoms with van der Waals surface area (Å²) in [4.78, 5) is 0. The van der Waals surface area contributed by atoms with Crippen LogP contribution in [0.3, 0.4) is 0 Å². The van der Waals surface area contributed by atoms with E-state index >= 15 is 0 Å². The molecule has 1 aromatic carbocycles. The van der Waals surface area contributed by atoms with Crippen molar-refractivity contribution < 1.29 is 5.11 Å². The van der Waals surface area contributed by atoms with Crippen molar-refractivity contribution in [3.63, 3.8) is 0 Å². The summed E-state index contributed by atoms with van der Waals surface area (Å²) >= 11 is 11.4. The highest BCUT2D eigenvalue weighted by atomic mass is 35.5. The van der Waals surface area contributed by atoms with Crippen molar-refractivity contribution >= 4 is 23.2 Å². The number of aliphatic hydroxyl groups excluding tert-OH is 1. The predicted molar refractivity (Wildman–Crippen MR) is 51.7 cm³/mol. The summed E-state index contributed by atoms with van der Waals surface area (Å²) in [6.45, 7) is 0. The average molecular weight is 216 g/mol. The first-order valence-electron chi connectivity index (χ1n) is 3.65. The van der Waals surface area contributed by atoms with Crippen molar-refractivity contribution in [1.82, 2.24) is 0 Å². The highest BCUT2D eigenvalue weighted by Crippen LogP contribution is 2.26. The summed E-state index contributed by atoms with van der Waals surface area (Å²) in [5, 5.41) is 18.6. The molecule has 1 atom stereocenters. The van der Waals surface area contributed by atoms with Crippen LogP contribution in [-0.2, 0) is 0 Å². The third-order valence-corrected chi connectivity index (χ3v) is 2.35. The maximum Gasteiger partial charge on any atom is 0.0920 e. The number of benzene rings is 1. The van der Waals surface area contributed by atoms with E-state index in [9.17, 15) is 5.11 Å². The fourth-order valence-corrected chi connectivity index (χ4v) is 1.23. The van der Waals surface area contributed by atoms with Crippen molar-refractivity contribution in [1.29, 1.82) is 5.26 Å². The quantitative estimate of drug-likeness (QED) is 0.825. The minimum absolute atomic E-state index is 0.0535. The van der Waals surface area contributed by atoms with Gasteiger partial charge in [-0.3, -0.25) is 0 Å². The van der Waals surface area contributed by atoms with E-state index in [1.807, 2.05) is 6.07 Å². The molecule has 0 aliphatic rings. The van der Waals surface area contributed by atoms with Crippen molar-refractivity contribution in [3.8, 4) is 6.07 Å². The molecule has 4 heteroatoms. The zero-order valence-corrected chi connectivity index (χ0v) is 8.18. The van der Waals surface area contributed by atoms with E-state index in [1.165, 1.54) is 0 Å². The Morgan fingerprint density at radius 2 is 2.08 bits per heavy atom. The van der Waals surface area contributed by atoms with Gasteiger partial charge in [-0.15, -0.1) is 0 Å². The summed E-state index contributed by atoms with van der Waals surface area (Å²) in [6, 6.07) is 6.68. The van der Waals surface area contributed by atoms with Gasteiger partial charge in [-0.05, 0) is 17.7 Å². The lowest BCUT2D eigenvalue weighted by Gasteiger charge is -2.07. The highest BCUT2D eigenvalue weighted by molar-refractivity contribution is 6.42. The fourth-order valence-electron chi connectivity index (χ4n) is 0.924. The first-order valence-corrected chi connectivity index (χ1v) is 4.40. The summed E-state index contributed by atoms with van der Waals surface area (Å²) in [5.41, 5.74) is 0.607. The van der Waals surface area contributed by atoms with Crippen molar-refractivity contribution in [2.45, 2.75) is 12.5 Å². The number of rotatable bonds is 2. The lowest BCUT2D eigenvalue weighted by Crippen LogP contribution is -1.95. The van der Waals surface area contributed by atoms with E-state index in [2.05, 4.69) is 0 Å². The molecule has 0 aromatic heterocycles. The zero-order valence-electron chi connectivity index (χ0n) is 6.67. The Kier molecular flexibility index (Phi) is 3.56. The van der Waals surface area contributed by atoms with Gasteiger partial charge in [0.05, 0.1) is 28.6 Å². The van der Waals surface area contributed by atoms with Crippen LogP contribution in [0, 0.1) is 11.3 Å². The van der Waals surface area contributed by atoms with Crippen molar-refractivity contribution in [2.75, 3.05) is 0 Å². The summed E-state index contributed by atoms with van der Waals surface area (Å²) in [5.74, 6) is 0. The molecule has 0 heterocycles. The summed E-state index contributed by atoms with van der Waals surface area (Å²) in [7, 11) is 0. The van der Waals surface area contributed by atoms with Gasteiger partial charge in [0.25, 0.3) is 0 Å². The molecule has 0 spiro atoms. The van der Waals surface area contributed by atoms with Crippen LogP contribution >= 0.6 is 23.2 Å². The molecule has 13 heavy (non-hydrogen) atoms. The number of nitriles is 1. The third kappa shape index (κ3) is 2.60. The maximum atomic E-state index is 9.41. The molecule has 0 saturated heterocycles. The number of nitrogens with zero attached hydrogens (tertiary/aromatic N) is 1. The molecule has 0 aliphatic heterocycles. The Labute approximate surface area is 86.3 Å². The molecule has 1 rings (SSSR count). The predicted octanol–water partition coefficient (Wildman–Crippen LogP) is 2.94. The number of halogens is 2. The Hall–Kier alpha value is -0.750. The van der Waals surface area contributed by atoms with Crippen LogP contribution in [0.15, 0.2) is 18.2 Å². The lowest BCUT2D eigenvalue weighted by atomic mass is 10.1. The largest absolute Gasteiger partial charge is 0.387 e. The second-order valence-corrected chi connectivity index (χ2v) is 3.37. The van der Waals surface area contributed by atoms with Gasteiger partial charge in [-0.1, -0.05) is 29.3 Å². The van der Waals surface area contributed by atoms with Crippen LogP contribution in [0.1, 0.15) is 18.1 Å². The Bertz CT molecular complexity index is 346. The SMILES string of the molecule is N#CC[C@@H](O)c1ccc(Cl)c(Cl)c1. The van der Waals surface area contributed by atoms with Crippen LogP contribution in [0.2, 0.25) is 10.0 Å². The Morgan fingerprint density at radius 3 is 2.62 bits per heavy atom. The maximum absolute atomic E-state index is 9.41. The average Bonchev–Trinajstić information content (AvgIpc) is 2.10. The number of aliphatic hydroxyl groups is 1. The van der Waals surface area contributed by atoms with Crippen LogP contribution in [-0.4, -0.2) is 5.11 Å². The minimum atomic E-state index is -0.792. The van der Waals surface area contributed by atoms with Gasteiger partial charge < -0.3 is 5.11 Å². The second kappa shape index (κ2) is 4.48. The van der Waals surface area contributed by atoms with Crippen molar-refractivity contribution in [3.05, 3.63) is 33.8 Å². The number of hydrogen-bond donors (Lipinski definition) is 1. The normalized spacial score (nSPS) is 12.2. The number of hydrogen-bond acceptors (Lipinski definition) is 2. The van der Waals surface area contributed by atoms with Crippen LogP contribution < -0.4 is 0 Å². The van der Waals surface area contributed by atoms with E-state index in [0.717, 1.165) is 0 Å². The van der Waals surface area contributed by atoms with E-state index < -0.39 is 6.10 Å². The van der Waals surface area contributed by atoms with E-state index in [1.54, 1.807) is 18.2 Å². The zero-order chi connectivity index (χ0) is 9.84. The first kappa shape index (κ1) is 10.3. The molecule has 1 N–H and O–H groups in total. The molecular weight excluding hydrogens is 209 g/mol. The van der Waals surface area contributed by atoms with E-state index in [4.69, 9.17) is 28.5 Å². The van der Waals surface area contributed by atoms with Gasteiger partial charge in [-0.25, -0.2) is 0 Å². The van der Waals surface area contributed by atoms with Gasteiger partial charge in [0, 0.05) is 0 Å². The molecule has 0 bridgehead atoms. The third-order valence-electron chi connectivity index (χ3n) is 1.61. The van der Waals surface area contributed by atoms with Gasteiger partial charge in [0.1, 0.15) is 0 Å². The van der Waals surface area contributed by atoms with Crippen LogP contribution in [0.4, 0.5) is 0 Å². The molecule has 0 fully saturated rings. The Morgan fingerprint density at radius 1 is 1.38 bits per heavy atom. The van der Waals surface area contributed by atoms with Gasteiger partial charge >= 0.3 is 0 Å². The lowest BCUT2D eigenvalue weighted by molar-refractivity contribution is 0.183. The topological polar surface area (TPSA) is 44.0 Å². The molecule has 0 amide bonds. The Balaban J connectivity index is 2.91. The van der Waals surface area contributed by atoms with E-state index in [-0.39, 0.29) is 6.42 Å². The molecule has 1 aromatic rings. The molecule has 0 unspecified atom stereocenters. The summed E-state index contributed by atoms with van der Waals surface area (Å²) in [6.07, 6.45) is -0.738. The monoisotopic (exact) mass is 215 g/mol. The molecule has 2 nitrogen and oxygen atoms in total. The standard InChI is InChI=1S/C9H7Cl2NO/c10-7-2-1-6(5-8(7)11)9(13)3-4-12/h1-2,5,9,13H,3H2/t9-/m1/s1. The second-order valence-electron chi connectivity index (χ2n) is 2.55. The smallest absolute Gasteiger partial charge is 0.0920 e. The molecule has 0 saturated carbocycles.